The third kappa shape index (κ3) is 3.62. The molecule has 0 amide bonds. The molecule has 0 heterocycles. The number of anilines is 1. The summed E-state index contributed by atoms with van der Waals surface area (Å²) in [7, 11) is 1.34. The number of rotatable bonds is 4. The molecule has 3 nitrogen and oxygen atoms in total. The number of hydrogen-bond donors (Lipinski definition) is 1. The number of carbonyl (C=O) groups excluding carboxylic acids is 1. The first-order valence-electron chi connectivity index (χ1n) is 6.08. The van der Waals surface area contributed by atoms with Crippen molar-refractivity contribution >= 4 is 46.5 Å². The summed E-state index contributed by atoms with van der Waals surface area (Å²) in [4.78, 5) is 11.7. The van der Waals surface area contributed by atoms with Crippen molar-refractivity contribution in [1.82, 2.24) is 0 Å². The lowest BCUT2D eigenvalue weighted by Gasteiger charge is -2.13. The lowest BCUT2D eigenvalue weighted by molar-refractivity contribution is 0.0602. The highest BCUT2D eigenvalue weighted by molar-refractivity contribution is 6.44. The monoisotopic (exact) mass is 343 g/mol. The first kappa shape index (κ1) is 16.0. The quantitative estimate of drug-likeness (QED) is 0.623. The van der Waals surface area contributed by atoms with Crippen LogP contribution in [0.1, 0.15) is 15.9 Å². The van der Waals surface area contributed by atoms with Crippen LogP contribution in [-0.2, 0) is 11.3 Å². The van der Waals surface area contributed by atoms with Gasteiger partial charge in [0.1, 0.15) is 0 Å². The second-order valence-corrected chi connectivity index (χ2v) is 5.40. The molecule has 0 fully saturated rings. The van der Waals surface area contributed by atoms with Gasteiger partial charge >= 0.3 is 5.97 Å². The Morgan fingerprint density at radius 3 is 2.48 bits per heavy atom. The number of para-hydroxylation sites is 1. The van der Waals surface area contributed by atoms with Gasteiger partial charge in [-0.25, -0.2) is 4.79 Å². The number of nitrogens with one attached hydrogen (secondary N) is 1. The van der Waals surface area contributed by atoms with Gasteiger partial charge in [-0.05, 0) is 24.3 Å². The van der Waals surface area contributed by atoms with Crippen LogP contribution in [0.2, 0.25) is 15.1 Å². The summed E-state index contributed by atoms with van der Waals surface area (Å²) in [5, 5.41) is 4.46. The number of esters is 1. The molecular formula is C15H12Cl3NO2. The summed E-state index contributed by atoms with van der Waals surface area (Å²) in [6.45, 7) is 0.340. The van der Waals surface area contributed by atoms with Crippen molar-refractivity contribution in [2.45, 2.75) is 6.54 Å². The van der Waals surface area contributed by atoms with E-state index in [1.165, 1.54) is 7.11 Å². The SMILES string of the molecule is COC(=O)c1ccccc1NCc1c(Cl)ccc(Cl)c1Cl. The van der Waals surface area contributed by atoms with Crippen LogP contribution in [-0.4, -0.2) is 13.1 Å². The highest BCUT2D eigenvalue weighted by atomic mass is 35.5. The number of ether oxygens (including phenoxy) is 1. The maximum absolute atomic E-state index is 11.7. The van der Waals surface area contributed by atoms with Crippen LogP contribution in [0.4, 0.5) is 5.69 Å². The predicted octanol–water partition coefficient (Wildman–Crippen LogP) is 5.05. The number of methoxy groups -OCH3 is 1. The van der Waals surface area contributed by atoms with Gasteiger partial charge in [-0.15, -0.1) is 0 Å². The van der Waals surface area contributed by atoms with E-state index in [2.05, 4.69) is 5.32 Å². The van der Waals surface area contributed by atoms with Crippen molar-refractivity contribution in [1.29, 1.82) is 0 Å². The molecule has 0 aliphatic carbocycles. The Kier molecular flexibility index (Phi) is 5.34. The average molecular weight is 345 g/mol. The van der Waals surface area contributed by atoms with Crippen molar-refractivity contribution < 1.29 is 9.53 Å². The maximum Gasteiger partial charge on any atom is 0.339 e. The molecule has 0 aliphatic rings. The van der Waals surface area contributed by atoms with Crippen molar-refractivity contribution in [3.05, 3.63) is 62.6 Å². The zero-order chi connectivity index (χ0) is 15.4. The largest absolute Gasteiger partial charge is 0.465 e. The molecule has 0 unspecified atom stereocenters. The third-order valence-corrected chi connectivity index (χ3v) is 4.12. The highest BCUT2D eigenvalue weighted by Gasteiger charge is 2.13. The first-order valence-corrected chi connectivity index (χ1v) is 7.21. The molecule has 110 valence electrons. The Labute approximate surface area is 137 Å². The van der Waals surface area contributed by atoms with Crippen LogP contribution in [0.15, 0.2) is 36.4 Å². The van der Waals surface area contributed by atoms with E-state index in [1.807, 2.05) is 6.07 Å². The molecule has 0 atom stereocenters. The standard InChI is InChI=1S/C15H12Cl3NO2/c1-21-15(20)9-4-2-3-5-13(9)19-8-10-11(16)6-7-12(17)14(10)18/h2-7,19H,8H2,1H3. The molecule has 0 saturated heterocycles. The smallest absolute Gasteiger partial charge is 0.339 e. The zero-order valence-electron chi connectivity index (χ0n) is 11.1. The normalized spacial score (nSPS) is 10.3. The van der Waals surface area contributed by atoms with Crippen molar-refractivity contribution in [3.8, 4) is 0 Å². The number of benzene rings is 2. The Morgan fingerprint density at radius 1 is 1.10 bits per heavy atom. The Balaban J connectivity index is 2.25. The molecule has 0 aliphatic heterocycles. The molecule has 0 bridgehead atoms. The third-order valence-electron chi connectivity index (χ3n) is 2.93. The van der Waals surface area contributed by atoms with E-state index >= 15 is 0 Å². The Morgan fingerprint density at radius 2 is 1.76 bits per heavy atom. The van der Waals surface area contributed by atoms with Crippen LogP contribution < -0.4 is 5.32 Å². The fourth-order valence-corrected chi connectivity index (χ4v) is 2.52. The summed E-state index contributed by atoms with van der Waals surface area (Å²) >= 11 is 18.2. The fourth-order valence-electron chi connectivity index (χ4n) is 1.84. The fraction of sp³-hybridized carbons (Fsp3) is 0.133. The van der Waals surface area contributed by atoms with Gasteiger partial charge in [-0.1, -0.05) is 46.9 Å². The van der Waals surface area contributed by atoms with Gasteiger partial charge in [-0.3, -0.25) is 0 Å². The van der Waals surface area contributed by atoms with E-state index in [4.69, 9.17) is 39.5 Å². The zero-order valence-corrected chi connectivity index (χ0v) is 13.4. The molecule has 2 aromatic carbocycles. The summed E-state index contributed by atoms with van der Waals surface area (Å²) in [5.74, 6) is -0.415. The van der Waals surface area contributed by atoms with Crippen LogP contribution >= 0.6 is 34.8 Å². The number of halogens is 3. The molecule has 2 rings (SSSR count). The average Bonchev–Trinajstić information content (AvgIpc) is 2.50. The van der Waals surface area contributed by atoms with E-state index < -0.39 is 5.97 Å². The van der Waals surface area contributed by atoms with Gasteiger partial charge < -0.3 is 10.1 Å². The summed E-state index contributed by atoms with van der Waals surface area (Å²) in [5.41, 5.74) is 1.75. The van der Waals surface area contributed by atoms with Crippen LogP contribution in [0.3, 0.4) is 0 Å². The van der Waals surface area contributed by atoms with Gasteiger partial charge in [0, 0.05) is 22.8 Å². The van der Waals surface area contributed by atoms with Crippen LogP contribution in [0.5, 0.6) is 0 Å². The minimum atomic E-state index is -0.415. The predicted molar refractivity (Wildman–Crippen MR) is 86.6 cm³/mol. The van der Waals surface area contributed by atoms with Gasteiger partial charge in [0.25, 0.3) is 0 Å². The lowest BCUT2D eigenvalue weighted by atomic mass is 10.1. The molecule has 21 heavy (non-hydrogen) atoms. The lowest BCUT2D eigenvalue weighted by Crippen LogP contribution is -2.08. The number of carbonyl (C=O) groups is 1. The molecule has 0 saturated carbocycles. The topological polar surface area (TPSA) is 38.3 Å². The number of hydrogen-bond acceptors (Lipinski definition) is 3. The molecule has 0 spiro atoms. The molecule has 0 aromatic heterocycles. The summed E-state index contributed by atoms with van der Waals surface area (Å²) < 4.78 is 4.74. The minimum Gasteiger partial charge on any atom is -0.465 e. The molecule has 1 N–H and O–H groups in total. The van der Waals surface area contributed by atoms with E-state index in [9.17, 15) is 4.79 Å². The van der Waals surface area contributed by atoms with Gasteiger partial charge in [0.15, 0.2) is 0 Å². The molecule has 6 heteroatoms. The van der Waals surface area contributed by atoms with Gasteiger partial charge in [0.05, 0.1) is 22.7 Å². The summed E-state index contributed by atoms with van der Waals surface area (Å²) in [6.07, 6.45) is 0. The van der Waals surface area contributed by atoms with Crippen molar-refractivity contribution in [2.24, 2.45) is 0 Å². The highest BCUT2D eigenvalue weighted by Crippen LogP contribution is 2.32. The molecule has 2 aromatic rings. The summed E-state index contributed by atoms with van der Waals surface area (Å²) in [6, 6.07) is 10.3. The van der Waals surface area contributed by atoms with Crippen molar-refractivity contribution in [2.75, 3.05) is 12.4 Å². The van der Waals surface area contributed by atoms with Crippen molar-refractivity contribution in [3.63, 3.8) is 0 Å². The van der Waals surface area contributed by atoms with E-state index in [0.29, 0.717) is 38.4 Å². The first-order chi connectivity index (χ1) is 10.0. The second kappa shape index (κ2) is 7.03. The second-order valence-electron chi connectivity index (χ2n) is 4.21. The van der Waals surface area contributed by atoms with Crippen LogP contribution in [0, 0.1) is 0 Å². The van der Waals surface area contributed by atoms with Gasteiger partial charge in [-0.2, -0.15) is 0 Å². The minimum absolute atomic E-state index is 0.340. The van der Waals surface area contributed by atoms with E-state index in [0.717, 1.165) is 0 Å². The Hall–Kier alpha value is -1.42. The maximum atomic E-state index is 11.7. The van der Waals surface area contributed by atoms with E-state index in [-0.39, 0.29) is 0 Å². The Bertz CT molecular complexity index is 674. The van der Waals surface area contributed by atoms with Crippen LogP contribution in [0.25, 0.3) is 0 Å². The molecular weight excluding hydrogens is 333 g/mol. The van der Waals surface area contributed by atoms with Gasteiger partial charge in [0.2, 0.25) is 0 Å². The van der Waals surface area contributed by atoms with E-state index in [1.54, 1.807) is 30.3 Å². The molecule has 0 radical (unpaired) electrons.